The largest absolute Gasteiger partial charge is 0.426 e. The van der Waals surface area contributed by atoms with Crippen molar-refractivity contribution in [3.63, 3.8) is 0 Å². The number of hydrogen-bond donors (Lipinski definition) is 1. The van der Waals surface area contributed by atoms with Gasteiger partial charge < -0.3 is 20.1 Å². The Labute approximate surface area is 131 Å². The standard InChI is InChI=1S/C17H24N2O3/c1-2-19-7-5-12(6-8-19)17(20)22-15-4-3-13-10-16(18)21-11-14(13)9-15/h3-4,9,12,16H,2,5-8,10-11,18H2,1H3. The molecule has 3 rings (SSSR count). The van der Waals surface area contributed by atoms with Gasteiger partial charge in [0.15, 0.2) is 0 Å². The van der Waals surface area contributed by atoms with Crippen molar-refractivity contribution in [1.82, 2.24) is 4.90 Å². The minimum absolute atomic E-state index is 0.0171. The predicted molar refractivity (Wildman–Crippen MR) is 83.4 cm³/mol. The van der Waals surface area contributed by atoms with Gasteiger partial charge in [0.05, 0.1) is 12.5 Å². The summed E-state index contributed by atoms with van der Waals surface area (Å²) in [5.74, 6) is 0.522. The second kappa shape index (κ2) is 6.77. The number of nitrogens with zero attached hydrogens (tertiary/aromatic N) is 1. The van der Waals surface area contributed by atoms with Gasteiger partial charge in [-0.05, 0) is 55.7 Å². The Balaban J connectivity index is 1.60. The van der Waals surface area contributed by atoms with Gasteiger partial charge in [0, 0.05) is 6.42 Å². The van der Waals surface area contributed by atoms with Crippen LogP contribution in [0.4, 0.5) is 0 Å². The van der Waals surface area contributed by atoms with E-state index in [4.69, 9.17) is 15.2 Å². The number of likely N-dealkylation sites (tertiary alicyclic amines) is 1. The summed E-state index contributed by atoms with van der Waals surface area (Å²) in [4.78, 5) is 14.7. The molecule has 22 heavy (non-hydrogen) atoms. The summed E-state index contributed by atoms with van der Waals surface area (Å²) in [5, 5.41) is 0. The fourth-order valence-corrected chi connectivity index (χ4v) is 3.16. The maximum Gasteiger partial charge on any atom is 0.314 e. The molecule has 5 heteroatoms. The molecule has 1 saturated heterocycles. The van der Waals surface area contributed by atoms with Crippen molar-refractivity contribution >= 4 is 5.97 Å². The Hall–Kier alpha value is -1.43. The first-order valence-corrected chi connectivity index (χ1v) is 8.08. The van der Waals surface area contributed by atoms with E-state index in [1.165, 1.54) is 5.56 Å². The molecule has 2 heterocycles. The fraction of sp³-hybridized carbons (Fsp3) is 0.588. The highest BCUT2D eigenvalue weighted by Gasteiger charge is 2.26. The van der Waals surface area contributed by atoms with Crippen molar-refractivity contribution in [3.8, 4) is 5.75 Å². The van der Waals surface area contributed by atoms with E-state index < -0.39 is 0 Å². The van der Waals surface area contributed by atoms with Gasteiger partial charge in [-0.1, -0.05) is 13.0 Å². The molecule has 120 valence electrons. The molecule has 0 bridgehead atoms. The lowest BCUT2D eigenvalue weighted by molar-refractivity contribution is -0.140. The number of rotatable bonds is 3. The number of piperidine rings is 1. The van der Waals surface area contributed by atoms with Crippen LogP contribution in [0.5, 0.6) is 5.75 Å². The van der Waals surface area contributed by atoms with Crippen LogP contribution in [0.1, 0.15) is 30.9 Å². The highest BCUT2D eigenvalue weighted by molar-refractivity contribution is 5.75. The Morgan fingerprint density at radius 3 is 2.86 bits per heavy atom. The van der Waals surface area contributed by atoms with Crippen molar-refractivity contribution in [2.45, 2.75) is 39.0 Å². The number of ether oxygens (including phenoxy) is 2. The van der Waals surface area contributed by atoms with Gasteiger partial charge in [0.1, 0.15) is 12.0 Å². The zero-order valence-corrected chi connectivity index (χ0v) is 13.1. The first-order chi connectivity index (χ1) is 10.7. The average Bonchev–Trinajstić information content (AvgIpc) is 2.55. The number of benzene rings is 1. The van der Waals surface area contributed by atoms with Crippen LogP contribution in [-0.2, 0) is 22.6 Å². The zero-order chi connectivity index (χ0) is 15.5. The minimum Gasteiger partial charge on any atom is -0.426 e. The third-order valence-corrected chi connectivity index (χ3v) is 4.64. The average molecular weight is 304 g/mol. The second-order valence-corrected chi connectivity index (χ2v) is 6.11. The lowest BCUT2D eigenvalue weighted by Gasteiger charge is -2.29. The van der Waals surface area contributed by atoms with Gasteiger partial charge in [0.25, 0.3) is 0 Å². The smallest absolute Gasteiger partial charge is 0.314 e. The first kappa shape index (κ1) is 15.5. The SMILES string of the molecule is CCN1CCC(C(=O)Oc2ccc3c(c2)COC(N)C3)CC1. The molecule has 2 N–H and O–H groups in total. The molecule has 1 unspecified atom stereocenters. The lowest BCUT2D eigenvalue weighted by Crippen LogP contribution is -2.37. The van der Waals surface area contributed by atoms with Crippen molar-refractivity contribution in [2.75, 3.05) is 19.6 Å². The van der Waals surface area contributed by atoms with Gasteiger partial charge in [-0.15, -0.1) is 0 Å². The summed E-state index contributed by atoms with van der Waals surface area (Å²) in [6.07, 6.45) is 2.24. The lowest BCUT2D eigenvalue weighted by atomic mass is 9.97. The van der Waals surface area contributed by atoms with Crippen LogP contribution in [-0.4, -0.2) is 36.7 Å². The van der Waals surface area contributed by atoms with Crippen LogP contribution in [0.15, 0.2) is 18.2 Å². The Morgan fingerprint density at radius 1 is 1.36 bits per heavy atom. The van der Waals surface area contributed by atoms with Crippen molar-refractivity contribution in [2.24, 2.45) is 11.7 Å². The molecule has 0 aliphatic carbocycles. The number of esters is 1. The van der Waals surface area contributed by atoms with Crippen molar-refractivity contribution < 1.29 is 14.3 Å². The quantitative estimate of drug-likeness (QED) is 0.680. The van der Waals surface area contributed by atoms with E-state index in [1.54, 1.807) is 0 Å². The number of nitrogens with two attached hydrogens (primary N) is 1. The summed E-state index contributed by atoms with van der Waals surface area (Å²) < 4.78 is 11.0. The number of carbonyl (C=O) groups is 1. The van der Waals surface area contributed by atoms with Gasteiger partial charge >= 0.3 is 5.97 Å². The first-order valence-electron chi connectivity index (χ1n) is 8.08. The molecule has 2 aliphatic rings. The maximum atomic E-state index is 12.3. The maximum absolute atomic E-state index is 12.3. The highest BCUT2D eigenvalue weighted by atomic mass is 16.5. The van der Waals surface area contributed by atoms with Crippen LogP contribution in [0.2, 0.25) is 0 Å². The third kappa shape index (κ3) is 3.48. The van der Waals surface area contributed by atoms with E-state index >= 15 is 0 Å². The fourth-order valence-electron chi connectivity index (χ4n) is 3.16. The van der Waals surface area contributed by atoms with E-state index in [-0.39, 0.29) is 18.1 Å². The van der Waals surface area contributed by atoms with Crippen LogP contribution in [0.3, 0.4) is 0 Å². The summed E-state index contributed by atoms with van der Waals surface area (Å²) in [6, 6.07) is 5.75. The minimum atomic E-state index is -0.232. The molecular formula is C17H24N2O3. The number of carbonyl (C=O) groups excluding carboxylic acids is 1. The number of fused-ring (bicyclic) bond motifs is 1. The molecule has 0 aromatic heterocycles. The summed E-state index contributed by atoms with van der Waals surface area (Å²) in [7, 11) is 0. The van der Waals surface area contributed by atoms with Crippen LogP contribution >= 0.6 is 0 Å². The van der Waals surface area contributed by atoms with Crippen molar-refractivity contribution in [3.05, 3.63) is 29.3 Å². The van der Waals surface area contributed by atoms with Gasteiger partial charge in [-0.25, -0.2) is 0 Å². The van der Waals surface area contributed by atoms with Gasteiger partial charge in [0.2, 0.25) is 0 Å². The summed E-state index contributed by atoms with van der Waals surface area (Å²) in [5.41, 5.74) is 8.02. The highest BCUT2D eigenvalue weighted by Crippen LogP contribution is 2.25. The molecule has 1 aromatic carbocycles. The molecule has 5 nitrogen and oxygen atoms in total. The topological polar surface area (TPSA) is 64.8 Å². The van der Waals surface area contributed by atoms with E-state index in [0.29, 0.717) is 18.8 Å². The predicted octanol–water partition coefficient (Wildman–Crippen LogP) is 1.68. The van der Waals surface area contributed by atoms with Crippen LogP contribution in [0.25, 0.3) is 0 Å². The molecule has 0 spiro atoms. The molecule has 1 fully saturated rings. The summed E-state index contributed by atoms with van der Waals surface area (Å²) >= 11 is 0. The van der Waals surface area contributed by atoms with E-state index in [9.17, 15) is 4.79 Å². The summed E-state index contributed by atoms with van der Waals surface area (Å²) in [6.45, 7) is 5.64. The van der Waals surface area contributed by atoms with Gasteiger partial charge in [-0.2, -0.15) is 0 Å². The van der Waals surface area contributed by atoms with E-state index in [2.05, 4.69) is 11.8 Å². The Bertz CT molecular complexity index is 539. The van der Waals surface area contributed by atoms with Crippen LogP contribution in [0, 0.1) is 5.92 Å². The molecule has 1 atom stereocenters. The molecule has 1 aromatic rings. The van der Waals surface area contributed by atoms with E-state index in [0.717, 1.165) is 38.0 Å². The molecule has 2 aliphatic heterocycles. The van der Waals surface area contributed by atoms with Crippen molar-refractivity contribution in [1.29, 1.82) is 0 Å². The Kier molecular flexibility index (Phi) is 4.76. The normalized spacial score (nSPS) is 23.1. The molecule has 0 radical (unpaired) electrons. The zero-order valence-electron chi connectivity index (χ0n) is 13.1. The molecule has 0 amide bonds. The van der Waals surface area contributed by atoms with E-state index in [1.807, 2.05) is 18.2 Å². The van der Waals surface area contributed by atoms with Crippen LogP contribution < -0.4 is 10.5 Å². The third-order valence-electron chi connectivity index (χ3n) is 4.64. The van der Waals surface area contributed by atoms with Gasteiger partial charge in [-0.3, -0.25) is 4.79 Å². The monoisotopic (exact) mass is 304 g/mol. The Morgan fingerprint density at radius 2 is 2.14 bits per heavy atom. The molecule has 0 saturated carbocycles. The number of hydrogen-bond acceptors (Lipinski definition) is 5. The second-order valence-electron chi connectivity index (χ2n) is 6.11. The molecular weight excluding hydrogens is 280 g/mol.